The Hall–Kier alpha value is -1.71. The van der Waals surface area contributed by atoms with Crippen LogP contribution in [0.1, 0.15) is 26.7 Å². The van der Waals surface area contributed by atoms with Gasteiger partial charge < -0.3 is 10.4 Å². The molecular formula is C15H18ClFN2O5S. The van der Waals surface area contributed by atoms with E-state index in [0.29, 0.717) is 12.8 Å². The average molecular weight is 393 g/mol. The molecule has 0 aromatic heterocycles. The van der Waals surface area contributed by atoms with E-state index in [0.717, 1.165) is 16.4 Å². The lowest BCUT2D eigenvalue weighted by molar-refractivity contribution is -0.143. The van der Waals surface area contributed by atoms with E-state index in [1.54, 1.807) is 6.92 Å². The molecule has 0 aliphatic carbocycles. The highest BCUT2D eigenvalue weighted by Crippen LogP contribution is 2.33. The molecule has 1 aromatic rings. The molecule has 0 spiro atoms. The van der Waals surface area contributed by atoms with Crippen molar-refractivity contribution in [3.63, 3.8) is 0 Å². The smallest absolute Gasteiger partial charge is 0.307 e. The number of carboxylic acids is 1. The number of anilines is 1. The summed E-state index contributed by atoms with van der Waals surface area (Å²) < 4.78 is 41.0. The van der Waals surface area contributed by atoms with Gasteiger partial charge in [-0.2, -0.15) is 4.31 Å². The number of halogens is 2. The molecule has 7 nitrogen and oxygen atoms in total. The molecule has 1 aliphatic rings. The molecule has 138 valence electrons. The monoisotopic (exact) mass is 392 g/mol. The normalized spacial score (nSPS) is 21.8. The van der Waals surface area contributed by atoms with Crippen LogP contribution in [-0.2, 0) is 19.6 Å². The number of sulfonamides is 1. The lowest BCUT2D eigenvalue weighted by Crippen LogP contribution is -2.47. The van der Waals surface area contributed by atoms with Crippen LogP contribution in [0.3, 0.4) is 0 Å². The van der Waals surface area contributed by atoms with E-state index < -0.39 is 44.6 Å². The summed E-state index contributed by atoms with van der Waals surface area (Å²) in [6.45, 7) is 2.62. The lowest BCUT2D eigenvalue weighted by Gasteiger charge is -2.35. The zero-order valence-electron chi connectivity index (χ0n) is 13.6. The van der Waals surface area contributed by atoms with Crippen molar-refractivity contribution in [2.24, 2.45) is 5.92 Å². The van der Waals surface area contributed by atoms with Gasteiger partial charge in [0.25, 0.3) is 0 Å². The molecule has 2 atom stereocenters. The van der Waals surface area contributed by atoms with Crippen molar-refractivity contribution in [2.75, 3.05) is 11.9 Å². The standard InChI is InChI=1S/C15H18ClFN2O5S/c1-8-3-4-10(15(21)22)7-19(8)25(23,24)14-5-11(16)13(6-12(14)17)18-9(2)20/h5-6,8,10H,3-4,7H2,1-2H3,(H,18,20)(H,21,22). The van der Waals surface area contributed by atoms with Crippen molar-refractivity contribution in [3.8, 4) is 0 Å². The van der Waals surface area contributed by atoms with Crippen molar-refractivity contribution in [1.29, 1.82) is 0 Å². The molecule has 1 saturated heterocycles. The van der Waals surface area contributed by atoms with E-state index in [-0.39, 0.29) is 17.3 Å². The van der Waals surface area contributed by atoms with Gasteiger partial charge in [-0.1, -0.05) is 11.6 Å². The first-order chi connectivity index (χ1) is 11.5. The average Bonchev–Trinajstić information content (AvgIpc) is 2.49. The van der Waals surface area contributed by atoms with E-state index in [1.165, 1.54) is 6.92 Å². The number of nitrogens with zero attached hydrogens (tertiary/aromatic N) is 1. The second-order valence-electron chi connectivity index (χ2n) is 5.98. The summed E-state index contributed by atoms with van der Waals surface area (Å²) in [6.07, 6.45) is 0.711. The van der Waals surface area contributed by atoms with Gasteiger partial charge in [0.1, 0.15) is 10.7 Å². The fourth-order valence-corrected chi connectivity index (χ4v) is 4.81. The Morgan fingerprint density at radius 1 is 1.36 bits per heavy atom. The lowest BCUT2D eigenvalue weighted by atomic mass is 9.96. The number of piperidine rings is 1. The summed E-state index contributed by atoms with van der Waals surface area (Å²) >= 11 is 5.95. The minimum absolute atomic E-state index is 0.0410. The predicted octanol–water partition coefficient (Wildman–Crippen LogP) is 2.31. The van der Waals surface area contributed by atoms with Crippen LogP contribution in [0, 0.1) is 11.7 Å². The Labute approximate surface area is 149 Å². The van der Waals surface area contributed by atoms with Crippen molar-refractivity contribution in [1.82, 2.24) is 4.31 Å². The molecule has 1 amide bonds. The van der Waals surface area contributed by atoms with Crippen LogP contribution in [-0.4, -0.2) is 42.3 Å². The van der Waals surface area contributed by atoms with Gasteiger partial charge in [0.05, 0.1) is 16.6 Å². The first-order valence-electron chi connectivity index (χ1n) is 7.55. The van der Waals surface area contributed by atoms with Gasteiger partial charge in [0, 0.05) is 25.6 Å². The number of nitrogens with one attached hydrogen (secondary N) is 1. The fourth-order valence-electron chi connectivity index (χ4n) is 2.75. The number of carboxylic acid groups (broad SMARTS) is 1. The van der Waals surface area contributed by atoms with Crippen molar-refractivity contribution >= 4 is 39.2 Å². The van der Waals surface area contributed by atoms with Gasteiger partial charge in [-0.3, -0.25) is 9.59 Å². The third-order valence-electron chi connectivity index (χ3n) is 4.09. The maximum Gasteiger partial charge on any atom is 0.307 e. The van der Waals surface area contributed by atoms with Crippen LogP contribution in [0.25, 0.3) is 0 Å². The molecule has 1 heterocycles. The third-order valence-corrected chi connectivity index (χ3v) is 6.40. The molecule has 1 fully saturated rings. The number of amides is 1. The molecule has 2 rings (SSSR count). The molecule has 2 unspecified atom stereocenters. The Balaban J connectivity index is 2.43. The Kier molecular flexibility index (Phi) is 5.70. The highest BCUT2D eigenvalue weighted by atomic mass is 35.5. The Bertz CT molecular complexity index is 814. The van der Waals surface area contributed by atoms with Crippen LogP contribution in [0.15, 0.2) is 17.0 Å². The maximum absolute atomic E-state index is 14.4. The molecule has 1 aliphatic heterocycles. The van der Waals surface area contributed by atoms with Crippen molar-refractivity contribution in [3.05, 3.63) is 23.0 Å². The van der Waals surface area contributed by atoms with E-state index in [2.05, 4.69) is 5.32 Å². The quantitative estimate of drug-likeness (QED) is 0.818. The molecule has 25 heavy (non-hydrogen) atoms. The SMILES string of the molecule is CC(=O)Nc1cc(F)c(S(=O)(=O)N2CC(C(=O)O)CCC2C)cc1Cl. The summed E-state index contributed by atoms with van der Waals surface area (Å²) in [5, 5.41) is 11.3. The number of rotatable bonds is 4. The second kappa shape index (κ2) is 7.27. The molecule has 2 N–H and O–H groups in total. The number of hydrogen-bond acceptors (Lipinski definition) is 4. The van der Waals surface area contributed by atoms with Crippen LogP contribution in [0.5, 0.6) is 0 Å². The molecule has 1 aromatic carbocycles. The topological polar surface area (TPSA) is 104 Å². The number of carbonyl (C=O) groups excluding carboxylic acids is 1. The van der Waals surface area contributed by atoms with Gasteiger partial charge in [-0.05, 0) is 25.8 Å². The number of carbonyl (C=O) groups is 2. The minimum Gasteiger partial charge on any atom is -0.481 e. The number of aliphatic carboxylic acids is 1. The van der Waals surface area contributed by atoms with Crippen molar-refractivity contribution in [2.45, 2.75) is 37.6 Å². The van der Waals surface area contributed by atoms with E-state index in [1.807, 2.05) is 0 Å². The van der Waals surface area contributed by atoms with Gasteiger partial charge in [-0.15, -0.1) is 0 Å². The predicted molar refractivity (Wildman–Crippen MR) is 89.4 cm³/mol. The van der Waals surface area contributed by atoms with Gasteiger partial charge >= 0.3 is 5.97 Å². The van der Waals surface area contributed by atoms with Gasteiger partial charge in [-0.25, -0.2) is 12.8 Å². The van der Waals surface area contributed by atoms with Crippen LogP contribution in [0.4, 0.5) is 10.1 Å². The summed E-state index contributed by atoms with van der Waals surface area (Å²) in [6, 6.07) is 1.29. The van der Waals surface area contributed by atoms with Crippen LogP contribution < -0.4 is 5.32 Å². The summed E-state index contributed by atoms with van der Waals surface area (Å²) in [5.74, 6) is -3.49. The largest absolute Gasteiger partial charge is 0.481 e. The molecular weight excluding hydrogens is 375 g/mol. The minimum atomic E-state index is -4.28. The third kappa shape index (κ3) is 4.10. The highest BCUT2D eigenvalue weighted by Gasteiger charge is 2.38. The van der Waals surface area contributed by atoms with E-state index in [9.17, 15) is 22.4 Å². The van der Waals surface area contributed by atoms with Crippen LogP contribution in [0.2, 0.25) is 5.02 Å². The Morgan fingerprint density at radius 2 is 2.00 bits per heavy atom. The molecule has 10 heteroatoms. The van der Waals surface area contributed by atoms with Crippen LogP contribution >= 0.6 is 11.6 Å². The molecule has 0 saturated carbocycles. The summed E-state index contributed by atoms with van der Waals surface area (Å²) in [5.41, 5.74) is -0.0410. The second-order valence-corrected chi connectivity index (χ2v) is 8.25. The summed E-state index contributed by atoms with van der Waals surface area (Å²) in [4.78, 5) is 21.6. The first kappa shape index (κ1) is 19.6. The maximum atomic E-state index is 14.4. The van der Waals surface area contributed by atoms with E-state index in [4.69, 9.17) is 16.7 Å². The van der Waals surface area contributed by atoms with Gasteiger partial charge in [0.2, 0.25) is 15.9 Å². The van der Waals surface area contributed by atoms with E-state index >= 15 is 0 Å². The van der Waals surface area contributed by atoms with Crippen molar-refractivity contribution < 1.29 is 27.5 Å². The zero-order chi connectivity index (χ0) is 18.9. The van der Waals surface area contributed by atoms with Gasteiger partial charge in [0.15, 0.2) is 0 Å². The number of hydrogen-bond donors (Lipinski definition) is 2. The summed E-state index contributed by atoms with van der Waals surface area (Å²) in [7, 11) is -4.28. The number of benzene rings is 1. The highest BCUT2D eigenvalue weighted by molar-refractivity contribution is 7.89. The Morgan fingerprint density at radius 3 is 2.56 bits per heavy atom. The fraction of sp³-hybridized carbons (Fsp3) is 0.467. The molecule has 0 bridgehead atoms. The zero-order valence-corrected chi connectivity index (χ0v) is 15.2. The first-order valence-corrected chi connectivity index (χ1v) is 9.37. The molecule has 0 radical (unpaired) electrons.